The molecule has 0 aromatic heterocycles. The average molecular weight is 344 g/mol. The van der Waals surface area contributed by atoms with E-state index in [2.05, 4.69) is 12.1 Å². The molecule has 0 N–H and O–H groups in total. The van der Waals surface area contributed by atoms with Crippen molar-refractivity contribution in [3.63, 3.8) is 0 Å². The molecule has 2 saturated heterocycles. The molecule has 2 aliphatic rings. The molecule has 2 fully saturated rings. The van der Waals surface area contributed by atoms with Crippen LogP contribution in [-0.4, -0.2) is 68.4 Å². The summed E-state index contributed by atoms with van der Waals surface area (Å²) in [6, 6.07) is 10.1. The normalized spacial score (nSPS) is 23.2. The van der Waals surface area contributed by atoms with Crippen LogP contribution in [0, 0.1) is 28.5 Å². The molecule has 1 aromatic carbocycles. The van der Waals surface area contributed by atoms with Crippen LogP contribution < -0.4 is 0 Å². The summed E-state index contributed by atoms with van der Waals surface area (Å²) >= 11 is 0. The third kappa shape index (κ3) is 3.24. The van der Waals surface area contributed by atoms with Crippen molar-refractivity contribution in [3.05, 3.63) is 35.6 Å². The SMILES string of the molecule is N#CC(N1CCOCC1)C(C#N)(c1ccccc1F)N1CCOCC1. The van der Waals surface area contributed by atoms with Crippen molar-refractivity contribution in [2.24, 2.45) is 0 Å². The lowest BCUT2D eigenvalue weighted by atomic mass is 9.80. The number of hydrogen-bond donors (Lipinski definition) is 0. The second kappa shape index (κ2) is 7.90. The number of morpholine rings is 2. The van der Waals surface area contributed by atoms with Crippen LogP contribution in [0.15, 0.2) is 24.3 Å². The highest BCUT2D eigenvalue weighted by atomic mass is 19.1. The van der Waals surface area contributed by atoms with Gasteiger partial charge in [0.2, 0.25) is 0 Å². The van der Waals surface area contributed by atoms with Crippen LogP contribution in [0.2, 0.25) is 0 Å². The monoisotopic (exact) mass is 344 g/mol. The minimum atomic E-state index is -1.39. The smallest absolute Gasteiger partial charge is 0.166 e. The number of nitrogens with zero attached hydrogens (tertiary/aromatic N) is 4. The van der Waals surface area contributed by atoms with Gasteiger partial charge < -0.3 is 9.47 Å². The van der Waals surface area contributed by atoms with Gasteiger partial charge in [-0.25, -0.2) is 4.39 Å². The topological polar surface area (TPSA) is 72.5 Å². The summed E-state index contributed by atoms with van der Waals surface area (Å²) in [5.41, 5.74) is -1.14. The van der Waals surface area contributed by atoms with Gasteiger partial charge in [-0.3, -0.25) is 9.80 Å². The quantitative estimate of drug-likeness (QED) is 0.814. The molecule has 2 heterocycles. The summed E-state index contributed by atoms with van der Waals surface area (Å²) in [5, 5.41) is 20.2. The number of ether oxygens (including phenoxy) is 2. The molecule has 3 rings (SSSR count). The molecule has 0 aliphatic carbocycles. The minimum Gasteiger partial charge on any atom is -0.379 e. The maximum absolute atomic E-state index is 14.7. The summed E-state index contributed by atoms with van der Waals surface area (Å²) < 4.78 is 25.5. The largest absolute Gasteiger partial charge is 0.379 e. The Morgan fingerprint density at radius 1 is 1.00 bits per heavy atom. The molecule has 25 heavy (non-hydrogen) atoms. The van der Waals surface area contributed by atoms with E-state index < -0.39 is 17.4 Å². The van der Waals surface area contributed by atoms with Gasteiger partial charge in [0.15, 0.2) is 5.54 Å². The maximum Gasteiger partial charge on any atom is 0.166 e. The molecule has 2 unspecified atom stereocenters. The average Bonchev–Trinajstić information content (AvgIpc) is 2.68. The number of rotatable bonds is 4. The number of nitriles is 2. The molecule has 132 valence electrons. The van der Waals surface area contributed by atoms with Crippen molar-refractivity contribution in [1.82, 2.24) is 9.80 Å². The highest BCUT2D eigenvalue weighted by molar-refractivity contribution is 5.38. The third-order valence-corrected chi connectivity index (χ3v) is 4.89. The Balaban J connectivity index is 2.11. The van der Waals surface area contributed by atoms with E-state index in [1.165, 1.54) is 6.07 Å². The van der Waals surface area contributed by atoms with Gasteiger partial charge in [-0.05, 0) is 6.07 Å². The van der Waals surface area contributed by atoms with Crippen molar-refractivity contribution in [3.8, 4) is 12.1 Å². The van der Waals surface area contributed by atoms with Crippen molar-refractivity contribution in [2.45, 2.75) is 11.6 Å². The summed E-state index contributed by atoms with van der Waals surface area (Å²) in [6.07, 6.45) is 0. The number of halogens is 1. The Hall–Kier alpha value is -2.03. The highest BCUT2D eigenvalue weighted by Crippen LogP contribution is 2.37. The van der Waals surface area contributed by atoms with Gasteiger partial charge in [-0.1, -0.05) is 18.2 Å². The van der Waals surface area contributed by atoms with Gasteiger partial charge in [0.05, 0.1) is 38.6 Å². The molecule has 0 bridgehead atoms. The fourth-order valence-electron chi connectivity index (χ4n) is 3.64. The Morgan fingerprint density at radius 3 is 2.16 bits per heavy atom. The van der Waals surface area contributed by atoms with E-state index in [4.69, 9.17) is 9.47 Å². The predicted octanol–water partition coefficient (Wildman–Crippen LogP) is 1.10. The van der Waals surface area contributed by atoms with E-state index in [1.807, 2.05) is 9.80 Å². The van der Waals surface area contributed by atoms with Crippen LogP contribution in [0.1, 0.15) is 5.56 Å². The summed E-state index contributed by atoms with van der Waals surface area (Å²) in [4.78, 5) is 3.81. The van der Waals surface area contributed by atoms with E-state index in [0.29, 0.717) is 52.6 Å². The highest BCUT2D eigenvalue weighted by Gasteiger charge is 2.51. The van der Waals surface area contributed by atoms with E-state index in [9.17, 15) is 14.9 Å². The van der Waals surface area contributed by atoms with Gasteiger partial charge >= 0.3 is 0 Å². The Kier molecular flexibility index (Phi) is 5.62. The van der Waals surface area contributed by atoms with Gasteiger partial charge in [0, 0.05) is 31.7 Å². The number of hydrogen-bond acceptors (Lipinski definition) is 6. The summed E-state index contributed by atoms with van der Waals surface area (Å²) in [7, 11) is 0. The first kappa shape index (κ1) is 17.8. The second-order valence-corrected chi connectivity index (χ2v) is 6.14. The van der Waals surface area contributed by atoms with Gasteiger partial charge in [-0.15, -0.1) is 0 Å². The van der Waals surface area contributed by atoms with Crippen molar-refractivity contribution < 1.29 is 13.9 Å². The Labute approximate surface area is 146 Å². The minimum absolute atomic E-state index is 0.248. The predicted molar refractivity (Wildman–Crippen MR) is 87.9 cm³/mol. The van der Waals surface area contributed by atoms with Gasteiger partial charge in [0.1, 0.15) is 11.9 Å². The van der Waals surface area contributed by atoms with Crippen molar-refractivity contribution in [2.75, 3.05) is 52.6 Å². The maximum atomic E-state index is 14.7. The molecule has 0 saturated carbocycles. The summed E-state index contributed by atoms with van der Waals surface area (Å²) in [6.45, 7) is 3.95. The summed E-state index contributed by atoms with van der Waals surface area (Å²) in [5.74, 6) is -0.468. The fourth-order valence-corrected chi connectivity index (χ4v) is 3.64. The van der Waals surface area contributed by atoms with Gasteiger partial charge in [0.25, 0.3) is 0 Å². The standard InChI is InChI=1S/C18H21FN4O2/c19-16-4-2-1-3-15(16)18(14-21,23-7-11-25-12-8-23)17(13-20)22-5-9-24-10-6-22/h1-4,17H,5-12H2. The lowest BCUT2D eigenvalue weighted by Crippen LogP contribution is -2.63. The zero-order valence-corrected chi connectivity index (χ0v) is 14.0. The first-order valence-electron chi connectivity index (χ1n) is 8.44. The zero-order valence-electron chi connectivity index (χ0n) is 14.0. The fraction of sp³-hybridized carbons (Fsp3) is 0.556. The van der Waals surface area contributed by atoms with Crippen LogP contribution in [0.4, 0.5) is 4.39 Å². The Bertz CT molecular complexity index is 674. The second-order valence-electron chi connectivity index (χ2n) is 6.14. The molecule has 6 nitrogen and oxygen atoms in total. The Morgan fingerprint density at radius 2 is 1.60 bits per heavy atom. The van der Waals surface area contributed by atoms with E-state index >= 15 is 0 Å². The van der Waals surface area contributed by atoms with Crippen LogP contribution in [0.3, 0.4) is 0 Å². The van der Waals surface area contributed by atoms with Crippen LogP contribution in [0.25, 0.3) is 0 Å². The lowest BCUT2D eigenvalue weighted by molar-refractivity contribution is -0.0489. The van der Waals surface area contributed by atoms with E-state index in [0.717, 1.165) is 0 Å². The molecule has 1 aromatic rings. The van der Waals surface area contributed by atoms with E-state index in [1.54, 1.807) is 18.2 Å². The van der Waals surface area contributed by atoms with Crippen molar-refractivity contribution >= 4 is 0 Å². The van der Waals surface area contributed by atoms with Crippen LogP contribution in [-0.2, 0) is 15.0 Å². The molecular weight excluding hydrogens is 323 g/mol. The van der Waals surface area contributed by atoms with Crippen LogP contribution >= 0.6 is 0 Å². The zero-order chi connectivity index (χ0) is 17.7. The molecule has 0 spiro atoms. The molecule has 7 heteroatoms. The molecule has 2 aliphatic heterocycles. The lowest BCUT2D eigenvalue weighted by Gasteiger charge is -2.47. The first-order valence-corrected chi connectivity index (χ1v) is 8.44. The van der Waals surface area contributed by atoms with E-state index in [-0.39, 0.29) is 5.56 Å². The van der Waals surface area contributed by atoms with Gasteiger partial charge in [-0.2, -0.15) is 10.5 Å². The molecule has 2 atom stereocenters. The molecule has 0 amide bonds. The third-order valence-electron chi connectivity index (χ3n) is 4.89. The molecule has 0 radical (unpaired) electrons. The number of benzene rings is 1. The molecular formula is C18H21FN4O2. The van der Waals surface area contributed by atoms with Crippen molar-refractivity contribution in [1.29, 1.82) is 10.5 Å². The van der Waals surface area contributed by atoms with Crippen LogP contribution in [0.5, 0.6) is 0 Å². The first-order chi connectivity index (χ1) is 12.2.